The Morgan fingerprint density at radius 1 is 1.50 bits per heavy atom. The first-order valence-electron chi connectivity index (χ1n) is 4.64. The first kappa shape index (κ1) is 18.1. The van der Waals surface area contributed by atoms with E-state index in [2.05, 4.69) is 33.8 Å². The minimum Gasteiger partial charge on any atom is -0.498 e. The summed E-state index contributed by atoms with van der Waals surface area (Å²) in [4.78, 5) is 0. The molecule has 2 radical (unpaired) electrons. The van der Waals surface area contributed by atoms with Crippen molar-refractivity contribution in [3.63, 3.8) is 0 Å². The molecule has 1 rings (SSSR count). The molecule has 1 atom stereocenters. The molecule has 1 unspecified atom stereocenters. The minimum atomic E-state index is 0. The van der Waals surface area contributed by atoms with Crippen molar-refractivity contribution in [3.8, 4) is 0 Å². The normalized spacial score (nSPS) is 20.8. The maximum Gasteiger partial charge on any atom is 0.0908 e. The predicted molar refractivity (Wildman–Crippen MR) is 51.6 cm³/mol. The molecule has 1 nitrogen and oxygen atoms in total. The van der Waals surface area contributed by atoms with E-state index in [9.17, 15) is 0 Å². The zero-order chi connectivity index (χ0) is 9.19. The first-order chi connectivity index (χ1) is 5.53. The molecule has 1 heterocycles. The van der Waals surface area contributed by atoms with Crippen molar-refractivity contribution in [2.75, 3.05) is 6.61 Å². The van der Waals surface area contributed by atoms with Gasteiger partial charge in [-0.15, -0.1) is 0 Å². The monoisotopic (exact) mass is 345 g/mol. The molecule has 0 aliphatic carbocycles. The Morgan fingerprint density at radius 3 is 2.43 bits per heavy atom. The van der Waals surface area contributed by atoms with Gasteiger partial charge < -0.3 is 11.2 Å². The number of allylic oxidation sites excluding steroid dienone is 1. The molecule has 0 N–H and O–H groups in total. The van der Waals surface area contributed by atoms with Crippen LogP contribution in [0.25, 0.3) is 0 Å². The van der Waals surface area contributed by atoms with Gasteiger partial charge in [-0.3, -0.25) is 0 Å². The van der Waals surface area contributed by atoms with Crippen LogP contribution >= 0.6 is 0 Å². The van der Waals surface area contributed by atoms with Crippen LogP contribution in [0.5, 0.6) is 0 Å². The molecule has 0 amide bonds. The Morgan fingerprint density at radius 2 is 2.07 bits per heavy atom. The maximum atomic E-state index is 5.35. The average Bonchev–Trinajstić information content (AvgIpc) is 2.35. The van der Waals surface area contributed by atoms with Gasteiger partial charge >= 0.3 is 0 Å². The number of ether oxygens (including phenoxy) is 1. The topological polar surface area (TPSA) is 9.23 Å². The van der Waals surface area contributed by atoms with Gasteiger partial charge in [0.15, 0.2) is 0 Å². The second-order valence-corrected chi connectivity index (χ2v) is 4.40. The third-order valence-electron chi connectivity index (χ3n) is 2.64. The van der Waals surface area contributed by atoms with Crippen molar-refractivity contribution in [1.29, 1.82) is 0 Å². The molecule has 0 aromatic carbocycles. The Balaban J connectivity index is 0. The quantitative estimate of drug-likeness (QED) is 0.714. The fourth-order valence-corrected chi connectivity index (χ4v) is 1.67. The number of rotatable bonds is 3. The van der Waals surface area contributed by atoms with Crippen molar-refractivity contribution < 1.29 is 70.2 Å². The molecule has 0 aromatic heterocycles. The average molecular weight is 345 g/mol. The van der Waals surface area contributed by atoms with Crippen LogP contribution in [0.2, 0.25) is 0 Å². The Labute approximate surface area is 139 Å². The maximum absolute atomic E-state index is 5.35. The summed E-state index contributed by atoms with van der Waals surface area (Å²) in [5.74, 6) is 1.65. The Hall–Kier alpha value is 1.75. The zero-order valence-electron chi connectivity index (χ0n) is 9.55. The molecular weight excluding hydrogens is 326 g/mol. The van der Waals surface area contributed by atoms with Gasteiger partial charge in [0.2, 0.25) is 0 Å². The summed E-state index contributed by atoms with van der Waals surface area (Å²) in [5.41, 5.74) is 0.346. The second kappa shape index (κ2) is 7.93. The van der Waals surface area contributed by atoms with Crippen molar-refractivity contribution in [2.45, 2.75) is 33.6 Å². The molecule has 14 heavy (non-hydrogen) atoms. The summed E-state index contributed by atoms with van der Waals surface area (Å²) in [5, 5.41) is 0. The van der Waals surface area contributed by atoms with Crippen LogP contribution in [0.1, 0.15) is 33.6 Å². The zero-order valence-corrected chi connectivity index (χ0v) is 15.2. The van der Waals surface area contributed by atoms with Crippen LogP contribution in [0.4, 0.5) is 0 Å². The van der Waals surface area contributed by atoms with Crippen LogP contribution in [0.15, 0.2) is 12.3 Å². The van der Waals surface area contributed by atoms with E-state index in [0.29, 0.717) is 11.3 Å². The third kappa shape index (κ3) is 6.36. The molecule has 1 saturated heterocycles. The molecule has 3 heteroatoms. The molecule has 0 saturated carbocycles. The van der Waals surface area contributed by atoms with E-state index in [-0.39, 0.29) is 65.4 Å². The van der Waals surface area contributed by atoms with E-state index >= 15 is 0 Å². The van der Waals surface area contributed by atoms with Crippen LogP contribution < -0.4 is 0 Å². The summed E-state index contributed by atoms with van der Waals surface area (Å²) in [6.45, 7) is 11.4. The van der Waals surface area contributed by atoms with Gasteiger partial charge in [0, 0.05) is 71.8 Å². The Kier molecular flexibility index (Phi) is 10.3. The molecule has 1 aliphatic heterocycles. The third-order valence-corrected chi connectivity index (χ3v) is 2.64. The van der Waals surface area contributed by atoms with Crippen molar-refractivity contribution in [2.24, 2.45) is 11.3 Å². The van der Waals surface area contributed by atoms with E-state index in [0.717, 1.165) is 18.8 Å². The number of hydrogen-bond acceptors (Lipinski definition) is 1. The van der Waals surface area contributed by atoms with Gasteiger partial charge in [-0.1, -0.05) is 26.8 Å². The van der Waals surface area contributed by atoms with Crippen LogP contribution in [0.3, 0.4) is 0 Å². The molecule has 0 bridgehead atoms. The van der Waals surface area contributed by atoms with E-state index < -0.39 is 0 Å². The summed E-state index contributed by atoms with van der Waals surface area (Å²) in [7, 11) is 0. The first-order valence-corrected chi connectivity index (χ1v) is 4.64. The van der Waals surface area contributed by atoms with Crippen molar-refractivity contribution in [3.05, 3.63) is 18.8 Å². The second-order valence-electron chi connectivity index (χ2n) is 4.40. The summed E-state index contributed by atoms with van der Waals surface area (Å²) < 4.78 is 5.35. The van der Waals surface area contributed by atoms with E-state index in [1.165, 1.54) is 6.42 Å². The van der Waals surface area contributed by atoms with E-state index in [4.69, 9.17) is 4.74 Å². The van der Waals surface area contributed by atoms with Gasteiger partial charge in [-0.25, -0.2) is 0 Å². The van der Waals surface area contributed by atoms with Gasteiger partial charge in [0.05, 0.1) is 12.4 Å². The molecule has 1 fully saturated rings. The Bertz CT molecular complexity index is 178. The van der Waals surface area contributed by atoms with Crippen LogP contribution in [0, 0.1) is 17.8 Å². The molecular formula is C11H19OY2-. The van der Waals surface area contributed by atoms with Gasteiger partial charge in [0.25, 0.3) is 0 Å². The minimum absolute atomic E-state index is 0. The molecule has 1 aliphatic rings. The SMILES string of the molecule is C=C1CC(CC(C)(C)[CH-]C)CO1.[Y].[Y]. The largest absolute Gasteiger partial charge is 0.498 e. The fourth-order valence-electron chi connectivity index (χ4n) is 1.67. The standard InChI is InChI=1S/C11H19O.2Y/c1-5-11(3,4)7-10-6-9(2)12-8-10;;/h5,10H,2,6-8H2,1,3-4H3;;/q-1;;. The molecule has 76 valence electrons. The van der Waals surface area contributed by atoms with Gasteiger partial charge in [0.1, 0.15) is 0 Å². The fraction of sp³-hybridized carbons (Fsp3) is 0.727. The van der Waals surface area contributed by atoms with Crippen LogP contribution in [-0.2, 0) is 70.2 Å². The van der Waals surface area contributed by atoms with E-state index in [1.807, 2.05) is 0 Å². The molecule has 0 spiro atoms. The smallest absolute Gasteiger partial charge is 0.0908 e. The van der Waals surface area contributed by atoms with Crippen molar-refractivity contribution in [1.82, 2.24) is 0 Å². The molecule has 0 aromatic rings. The summed E-state index contributed by atoms with van der Waals surface area (Å²) in [6, 6.07) is 0. The predicted octanol–water partition coefficient (Wildman–Crippen LogP) is 3.17. The van der Waals surface area contributed by atoms with E-state index in [1.54, 1.807) is 0 Å². The van der Waals surface area contributed by atoms with Crippen LogP contribution in [-0.4, -0.2) is 6.61 Å². The summed E-state index contributed by atoms with van der Waals surface area (Å²) >= 11 is 0. The van der Waals surface area contributed by atoms with Gasteiger partial charge in [-0.05, 0) is 5.92 Å². The summed E-state index contributed by atoms with van der Waals surface area (Å²) in [6.07, 6.45) is 4.54. The number of hydrogen-bond donors (Lipinski definition) is 0. The van der Waals surface area contributed by atoms with Gasteiger partial charge in [-0.2, -0.15) is 12.3 Å². The van der Waals surface area contributed by atoms with Crippen molar-refractivity contribution >= 4 is 0 Å².